The first-order valence-corrected chi connectivity index (χ1v) is 5.84. The number of halogens is 3. The molecule has 0 bridgehead atoms. The zero-order chi connectivity index (χ0) is 13.0. The molecule has 1 aliphatic rings. The molecule has 1 N–H and O–H groups in total. The molecule has 6 heteroatoms. The van der Waals surface area contributed by atoms with Crippen LogP contribution < -0.4 is 5.32 Å². The van der Waals surface area contributed by atoms with Crippen molar-refractivity contribution in [3.63, 3.8) is 0 Å². The van der Waals surface area contributed by atoms with E-state index in [0.29, 0.717) is 11.7 Å². The van der Waals surface area contributed by atoms with E-state index in [4.69, 9.17) is 0 Å². The first-order valence-electron chi connectivity index (χ1n) is 5.84. The Labute approximate surface area is 103 Å². The summed E-state index contributed by atoms with van der Waals surface area (Å²) in [5.41, 5.74) is 1.54. The van der Waals surface area contributed by atoms with Crippen molar-refractivity contribution < 1.29 is 17.9 Å². The second kappa shape index (κ2) is 5.67. The summed E-state index contributed by atoms with van der Waals surface area (Å²) < 4.78 is 40.1. The van der Waals surface area contributed by atoms with E-state index in [1.54, 1.807) is 12.3 Å². The highest BCUT2D eigenvalue weighted by Gasteiger charge is 2.27. The Morgan fingerprint density at radius 2 is 2.11 bits per heavy atom. The van der Waals surface area contributed by atoms with Gasteiger partial charge in [-0.3, -0.25) is 4.98 Å². The largest absolute Gasteiger partial charge is 0.411 e. The van der Waals surface area contributed by atoms with Crippen LogP contribution in [-0.2, 0) is 17.9 Å². The Morgan fingerprint density at radius 3 is 2.67 bits per heavy atom. The minimum Gasteiger partial charge on any atom is -0.366 e. The van der Waals surface area contributed by atoms with Crippen molar-refractivity contribution >= 4 is 0 Å². The molecule has 0 unspecified atom stereocenters. The fourth-order valence-electron chi connectivity index (χ4n) is 1.47. The molecule has 1 fully saturated rings. The standard InChI is InChI=1S/C12H15F3N2O/c13-12(14,15)8-18-7-11-2-1-9(6-17-11)5-16-10-3-4-10/h1-2,6,10,16H,3-5,7-8H2. The Balaban J connectivity index is 1.72. The van der Waals surface area contributed by atoms with E-state index in [0.717, 1.165) is 12.1 Å². The fraction of sp³-hybridized carbons (Fsp3) is 0.583. The van der Waals surface area contributed by atoms with Gasteiger partial charge in [0.05, 0.1) is 12.3 Å². The molecule has 0 atom stereocenters. The van der Waals surface area contributed by atoms with Gasteiger partial charge in [0.1, 0.15) is 6.61 Å². The maximum absolute atomic E-state index is 11.9. The zero-order valence-electron chi connectivity index (χ0n) is 9.83. The second-order valence-electron chi connectivity index (χ2n) is 4.42. The molecule has 1 aliphatic carbocycles. The van der Waals surface area contributed by atoms with Crippen LogP contribution in [-0.4, -0.2) is 23.8 Å². The van der Waals surface area contributed by atoms with Crippen LogP contribution in [0.15, 0.2) is 18.3 Å². The molecular formula is C12H15F3N2O. The summed E-state index contributed by atoms with van der Waals surface area (Å²) in [4.78, 5) is 4.06. The normalized spacial score (nSPS) is 15.9. The van der Waals surface area contributed by atoms with E-state index in [-0.39, 0.29) is 6.61 Å². The molecule has 0 aromatic carbocycles. The Hall–Kier alpha value is -1.14. The molecule has 1 aromatic heterocycles. The number of nitrogens with zero attached hydrogens (tertiary/aromatic N) is 1. The lowest BCUT2D eigenvalue weighted by Gasteiger charge is -2.08. The third kappa shape index (κ3) is 5.01. The average Bonchev–Trinajstić information content (AvgIpc) is 3.10. The lowest BCUT2D eigenvalue weighted by atomic mass is 10.2. The molecular weight excluding hydrogens is 245 g/mol. The highest BCUT2D eigenvalue weighted by molar-refractivity contribution is 5.13. The van der Waals surface area contributed by atoms with Gasteiger partial charge in [-0.1, -0.05) is 6.07 Å². The topological polar surface area (TPSA) is 34.1 Å². The number of nitrogens with one attached hydrogen (secondary N) is 1. The quantitative estimate of drug-likeness (QED) is 0.853. The van der Waals surface area contributed by atoms with Crippen LogP contribution >= 0.6 is 0 Å². The summed E-state index contributed by atoms with van der Waals surface area (Å²) in [6, 6.07) is 4.18. The van der Waals surface area contributed by atoms with Gasteiger partial charge in [0.15, 0.2) is 0 Å². The van der Waals surface area contributed by atoms with Crippen LogP contribution in [0, 0.1) is 0 Å². The Bertz CT molecular complexity index is 374. The van der Waals surface area contributed by atoms with Crippen molar-refractivity contribution in [1.29, 1.82) is 0 Å². The molecule has 2 rings (SSSR count). The highest BCUT2D eigenvalue weighted by Crippen LogP contribution is 2.19. The van der Waals surface area contributed by atoms with Crippen LogP contribution in [0.1, 0.15) is 24.1 Å². The lowest BCUT2D eigenvalue weighted by molar-refractivity contribution is -0.176. The molecule has 100 valence electrons. The number of pyridine rings is 1. The summed E-state index contributed by atoms with van der Waals surface area (Å²) in [6.07, 6.45) is -0.177. The Kier molecular flexibility index (Phi) is 4.19. The first-order chi connectivity index (χ1) is 8.53. The molecule has 0 radical (unpaired) electrons. The van der Waals surface area contributed by atoms with E-state index in [9.17, 15) is 13.2 Å². The Morgan fingerprint density at radius 1 is 1.33 bits per heavy atom. The average molecular weight is 260 g/mol. The van der Waals surface area contributed by atoms with Crippen LogP contribution in [0.4, 0.5) is 13.2 Å². The maximum atomic E-state index is 11.9. The fourth-order valence-corrected chi connectivity index (χ4v) is 1.47. The van der Waals surface area contributed by atoms with Crippen molar-refractivity contribution in [2.45, 2.75) is 38.2 Å². The monoisotopic (exact) mass is 260 g/mol. The van der Waals surface area contributed by atoms with Crippen molar-refractivity contribution in [1.82, 2.24) is 10.3 Å². The number of aromatic nitrogens is 1. The molecule has 0 amide bonds. The third-order valence-corrected chi connectivity index (χ3v) is 2.57. The second-order valence-corrected chi connectivity index (χ2v) is 4.42. The minimum atomic E-state index is -4.28. The van der Waals surface area contributed by atoms with E-state index >= 15 is 0 Å². The summed E-state index contributed by atoms with van der Waals surface area (Å²) in [5.74, 6) is 0. The smallest absolute Gasteiger partial charge is 0.366 e. The number of rotatable bonds is 6. The van der Waals surface area contributed by atoms with Crippen molar-refractivity contribution in [3.05, 3.63) is 29.6 Å². The highest BCUT2D eigenvalue weighted by atomic mass is 19.4. The van der Waals surface area contributed by atoms with Gasteiger partial charge in [0.2, 0.25) is 0 Å². The van der Waals surface area contributed by atoms with Crippen molar-refractivity contribution in [3.8, 4) is 0 Å². The van der Waals surface area contributed by atoms with Crippen LogP contribution in [0.5, 0.6) is 0 Å². The van der Waals surface area contributed by atoms with E-state index < -0.39 is 12.8 Å². The molecule has 1 saturated carbocycles. The SMILES string of the molecule is FC(F)(F)COCc1ccc(CNC2CC2)cn1. The molecule has 1 heterocycles. The summed E-state index contributed by atoms with van der Waals surface area (Å²) in [5, 5.41) is 3.34. The predicted molar refractivity (Wildman–Crippen MR) is 59.8 cm³/mol. The van der Waals surface area contributed by atoms with Crippen LogP contribution in [0.2, 0.25) is 0 Å². The third-order valence-electron chi connectivity index (χ3n) is 2.57. The van der Waals surface area contributed by atoms with Crippen molar-refractivity contribution in [2.75, 3.05) is 6.61 Å². The number of hydrogen-bond acceptors (Lipinski definition) is 3. The maximum Gasteiger partial charge on any atom is 0.411 e. The van der Waals surface area contributed by atoms with Crippen LogP contribution in [0.3, 0.4) is 0 Å². The van der Waals surface area contributed by atoms with Gasteiger partial charge < -0.3 is 10.1 Å². The molecule has 0 aliphatic heterocycles. The lowest BCUT2D eigenvalue weighted by Crippen LogP contribution is -2.17. The molecule has 0 spiro atoms. The zero-order valence-corrected chi connectivity index (χ0v) is 9.83. The van der Waals surface area contributed by atoms with Gasteiger partial charge in [-0.05, 0) is 24.5 Å². The summed E-state index contributed by atoms with van der Waals surface area (Å²) in [7, 11) is 0. The predicted octanol–water partition coefficient (Wildman–Crippen LogP) is 2.41. The van der Waals surface area contributed by atoms with E-state index in [2.05, 4.69) is 15.0 Å². The number of alkyl halides is 3. The molecule has 3 nitrogen and oxygen atoms in total. The number of ether oxygens (including phenoxy) is 1. The van der Waals surface area contributed by atoms with Crippen LogP contribution in [0.25, 0.3) is 0 Å². The van der Waals surface area contributed by atoms with E-state index in [1.807, 2.05) is 6.07 Å². The summed E-state index contributed by atoms with van der Waals surface area (Å²) in [6.45, 7) is -0.600. The molecule has 0 saturated heterocycles. The minimum absolute atomic E-state index is 0.115. The molecule has 18 heavy (non-hydrogen) atoms. The first kappa shape index (κ1) is 13.3. The van der Waals surface area contributed by atoms with Gasteiger partial charge >= 0.3 is 6.18 Å². The van der Waals surface area contributed by atoms with Gasteiger partial charge in [0.25, 0.3) is 0 Å². The van der Waals surface area contributed by atoms with Gasteiger partial charge in [-0.2, -0.15) is 13.2 Å². The molecule has 1 aromatic rings. The van der Waals surface area contributed by atoms with Gasteiger partial charge in [-0.25, -0.2) is 0 Å². The van der Waals surface area contributed by atoms with Gasteiger partial charge in [-0.15, -0.1) is 0 Å². The van der Waals surface area contributed by atoms with E-state index in [1.165, 1.54) is 12.8 Å². The van der Waals surface area contributed by atoms with Crippen molar-refractivity contribution in [2.24, 2.45) is 0 Å². The van der Waals surface area contributed by atoms with Gasteiger partial charge in [0, 0.05) is 18.8 Å². The number of hydrogen-bond donors (Lipinski definition) is 1. The summed E-state index contributed by atoms with van der Waals surface area (Å²) >= 11 is 0.